The number of carbonyl (C=O) groups excluding carboxylic acids is 2. The molecule has 0 saturated carbocycles. The van der Waals surface area contributed by atoms with Gasteiger partial charge in [-0.1, -0.05) is 30.7 Å². The van der Waals surface area contributed by atoms with Crippen molar-refractivity contribution in [2.75, 3.05) is 13.1 Å². The van der Waals surface area contributed by atoms with Crippen LogP contribution in [0.1, 0.15) is 22.8 Å². The maximum Gasteiger partial charge on any atom is 0.534 e. The van der Waals surface area contributed by atoms with Gasteiger partial charge in [-0.25, -0.2) is 0 Å². The Labute approximate surface area is 219 Å². The van der Waals surface area contributed by atoms with Crippen molar-refractivity contribution in [1.29, 1.82) is 0 Å². The van der Waals surface area contributed by atoms with Crippen LogP contribution in [0.3, 0.4) is 0 Å². The van der Waals surface area contributed by atoms with E-state index in [2.05, 4.69) is 14.5 Å². The average Bonchev–Trinajstić information content (AvgIpc) is 2.82. The number of aromatic nitrogens is 2. The van der Waals surface area contributed by atoms with Crippen LogP contribution in [0.25, 0.3) is 11.0 Å². The van der Waals surface area contributed by atoms with Crippen molar-refractivity contribution in [2.24, 2.45) is 5.92 Å². The van der Waals surface area contributed by atoms with Gasteiger partial charge in [0.1, 0.15) is 17.8 Å². The molecular weight excluding hydrogens is 553 g/mol. The highest BCUT2D eigenvalue weighted by Gasteiger charge is 2.49. The number of nitrogens with one attached hydrogen (secondary N) is 1. The summed E-state index contributed by atoms with van der Waals surface area (Å²) in [5.41, 5.74) is -6.65. The second-order valence-corrected chi connectivity index (χ2v) is 10.7. The fourth-order valence-corrected chi connectivity index (χ4v) is 4.30. The van der Waals surface area contributed by atoms with Crippen LogP contribution in [0.4, 0.5) is 13.2 Å². The predicted molar refractivity (Wildman–Crippen MR) is 130 cm³/mol. The fourth-order valence-electron chi connectivity index (χ4n) is 3.76. The third kappa shape index (κ3) is 5.75. The third-order valence-electron chi connectivity index (χ3n) is 5.71. The SMILES string of the molecule is CC1CN(C(=O)Cn2c(=O)c(C(=O)NCc3ccc(Cl)cc3)cc3ccc(OS(=O)(=O)C(F)(F)F)nc32)C1. The van der Waals surface area contributed by atoms with Crippen LogP contribution in [0.2, 0.25) is 5.02 Å². The minimum absolute atomic E-state index is 0.0540. The largest absolute Gasteiger partial charge is 0.534 e. The van der Waals surface area contributed by atoms with Gasteiger partial charge in [0, 0.05) is 36.1 Å². The molecule has 1 aromatic carbocycles. The molecule has 0 radical (unpaired) electrons. The number of carbonyl (C=O) groups is 2. The van der Waals surface area contributed by atoms with E-state index in [9.17, 15) is 36.0 Å². The Morgan fingerprint density at radius 1 is 1.16 bits per heavy atom. The van der Waals surface area contributed by atoms with Crippen LogP contribution < -0.4 is 15.1 Å². The summed E-state index contributed by atoms with van der Waals surface area (Å²) in [4.78, 5) is 44.2. The monoisotopic (exact) mass is 572 g/mol. The molecule has 202 valence electrons. The number of hydrogen-bond acceptors (Lipinski definition) is 7. The van der Waals surface area contributed by atoms with Crippen LogP contribution >= 0.6 is 11.6 Å². The van der Waals surface area contributed by atoms with Gasteiger partial charge in [-0.2, -0.15) is 26.6 Å². The number of amides is 2. The summed E-state index contributed by atoms with van der Waals surface area (Å²) >= 11 is 5.85. The van der Waals surface area contributed by atoms with E-state index in [0.717, 1.165) is 22.8 Å². The maximum absolute atomic E-state index is 13.3. The fraction of sp³-hybridized carbons (Fsp3) is 0.304. The Morgan fingerprint density at radius 3 is 2.42 bits per heavy atom. The molecule has 38 heavy (non-hydrogen) atoms. The van der Waals surface area contributed by atoms with Gasteiger partial charge in [-0.15, -0.1) is 0 Å². The van der Waals surface area contributed by atoms with Gasteiger partial charge in [-0.05, 0) is 35.7 Å². The molecule has 1 saturated heterocycles. The summed E-state index contributed by atoms with van der Waals surface area (Å²) < 4.78 is 66.1. The Kier molecular flexibility index (Phi) is 7.39. The van der Waals surface area contributed by atoms with E-state index in [4.69, 9.17) is 11.6 Å². The lowest BCUT2D eigenvalue weighted by atomic mass is 10.0. The van der Waals surface area contributed by atoms with Crippen molar-refractivity contribution < 1.29 is 35.4 Å². The Balaban J connectivity index is 1.72. The minimum atomic E-state index is -6.04. The zero-order valence-corrected chi connectivity index (χ0v) is 21.2. The highest BCUT2D eigenvalue weighted by atomic mass is 35.5. The van der Waals surface area contributed by atoms with Gasteiger partial charge in [0.05, 0.1) is 0 Å². The van der Waals surface area contributed by atoms with Crippen LogP contribution in [0.5, 0.6) is 5.88 Å². The highest BCUT2D eigenvalue weighted by molar-refractivity contribution is 7.87. The molecule has 0 atom stereocenters. The lowest BCUT2D eigenvalue weighted by Gasteiger charge is -2.37. The lowest BCUT2D eigenvalue weighted by molar-refractivity contribution is -0.137. The molecular formula is C23H20ClF3N4O6S. The summed E-state index contributed by atoms with van der Waals surface area (Å²) in [6, 6.07) is 9.72. The standard InChI is InChI=1S/C23H20ClF3N4O6S/c1-13-10-30(11-13)19(32)12-31-20-15(4-7-18(29-20)37-38(35,36)23(25,26)27)8-17(22(31)34)21(33)28-9-14-2-5-16(24)6-3-14/h2-8,13H,9-12H2,1H3,(H,28,33). The molecule has 15 heteroatoms. The first kappa shape index (κ1) is 27.4. The Morgan fingerprint density at radius 2 is 1.82 bits per heavy atom. The molecule has 1 fully saturated rings. The quantitative estimate of drug-likeness (QED) is 0.340. The van der Waals surface area contributed by atoms with Crippen LogP contribution in [-0.4, -0.2) is 53.3 Å². The summed E-state index contributed by atoms with van der Waals surface area (Å²) in [5.74, 6) is -1.97. The number of likely N-dealkylation sites (tertiary alicyclic amines) is 1. The summed E-state index contributed by atoms with van der Waals surface area (Å²) in [7, 11) is -6.04. The Hall–Kier alpha value is -3.65. The second-order valence-electron chi connectivity index (χ2n) is 8.71. The average molecular weight is 573 g/mol. The van der Waals surface area contributed by atoms with E-state index in [1.165, 1.54) is 4.90 Å². The van der Waals surface area contributed by atoms with E-state index in [0.29, 0.717) is 23.7 Å². The molecule has 1 aliphatic rings. The molecule has 0 spiro atoms. The minimum Gasteiger partial charge on any atom is -0.355 e. The summed E-state index contributed by atoms with van der Waals surface area (Å²) in [6.45, 7) is 2.28. The molecule has 0 unspecified atom stereocenters. The molecule has 0 aliphatic carbocycles. The molecule has 1 aliphatic heterocycles. The first-order chi connectivity index (χ1) is 17.7. The topological polar surface area (TPSA) is 128 Å². The van der Waals surface area contributed by atoms with E-state index in [-0.39, 0.29) is 29.1 Å². The van der Waals surface area contributed by atoms with E-state index in [1.807, 2.05) is 6.92 Å². The van der Waals surface area contributed by atoms with Crippen LogP contribution in [0.15, 0.2) is 47.3 Å². The second kappa shape index (κ2) is 10.3. The number of hydrogen-bond donors (Lipinski definition) is 1. The van der Waals surface area contributed by atoms with Crippen molar-refractivity contribution in [3.05, 3.63) is 69.0 Å². The summed E-state index contributed by atoms with van der Waals surface area (Å²) in [6.07, 6.45) is 0. The van der Waals surface area contributed by atoms with Gasteiger partial charge in [0.15, 0.2) is 0 Å². The number of halogens is 4. The van der Waals surface area contributed by atoms with Crippen LogP contribution in [-0.2, 0) is 28.0 Å². The normalized spacial score (nSPS) is 14.3. The predicted octanol–water partition coefficient (Wildman–Crippen LogP) is 2.69. The van der Waals surface area contributed by atoms with Crippen molar-refractivity contribution >= 4 is 44.6 Å². The van der Waals surface area contributed by atoms with Crippen LogP contribution in [0, 0.1) is 5.92 Å². The van der Waals surface area contributed by atoms with Gasteiger partial charge >= 0.3 is 15.6 Å². The van der Waals surface area contributed by atoms with Crippen molar-refractivity contribution in [2.45, 2.75) is 25.5 Å². The van der Waals surface area contributed by atoms with Gasteiger partial charge in [0.25, 0.3) is 11.5 Å². The highest BCUT2D eigenvalue weighted by Crippen LogP contribution is 2.27. The van der Waals surface area contributed by atoms with Gasteiger partial charge in [0.2, 0.25) is 11.8 Å². The molecule has 3 aromatic rings. The molecule has 1 N–H and O–H groups in total. The molecule has 2 aromatic heterocycles. The first-order valence-corrected chi connectivity index (χ1v) is 12.9. The Bertz CT molecular complexity index is 1570. The van der Waals surface area contributed by atoms with Crippen molar-refractivity contribution in [3.8, 4) is 5.88 Å². The maximum atomic E-state index is 13.3. The molecule has 10 nitrogen and oxygen atoms in total. The number of rotatable bonds is 7. The zero-order chi connectivity index (χ0) is 27.8. The summed E-state index contributed by atoms with van der Waals surface area (Å²) in [5, 5.41) is 3.17. The van der Waals surface area contributed by atoms with E-state index < -0.39 is 45.4 Å². The number of pyridine rings is 2. The molecule has 2 amide bonds. The zero-order valence-electron chi connectivity index (χ0n) is 19.7. The van der Waals surface area contributed by atoms with Crippen molar-refractivity contribution in [3.63, 3.8) is 0 Å². The van der Waals surface area contributed by atoms with Crippen molar-refractivity contribution in [1.82, 2.24) is 19.8 Å². The number of benzene rings is 1. The first-order valence-electron chi connectivity index (χ1n) is 11.1. The number of nitrogens with zero attached hydrogens (tertiary/aromatic N) is 3. The third-order valence-corrected chi connectivity index (χ3v) is 6.92. The van der Waals surface area contributed by atoms with Gasteiger partial charge < -0.3 is 14.4 Å². The smallest absolute Gasteiger partial charge is 0.355 e. The molecule has 3 heterocycles. The number of alkyl halides is 3. The molecule has 0 bridgehead atoms. The van der Waals surface area contributed by atoms with E-state index >= 15 is 0 Å². The van der Waals surface area contributed by atoms with E-state index in [1.54, 1.807) is 24.3 Å². The molecule has 4 rings (SSSR count). The van der Waals surface area contributed by atoms with Gasteiger partial charge in [-0.3, -0.25) is 19.0 Å². The number of fused-ring (bicyclic) bond motifs is 1. The lowest BCUT2D eigenvalue weighted by Crippen LogP contribution is -2.50.